The lowest BCUT2D eigenvalue weighted by Crippen LogP contribution is -2.58. The molecule has 0 spiro atoms. The first-order valence-electron chi connectivity index (χ1n) is 8.48. The van der Waals surface area contributed by atoms with Crippen LogP contribution in [0.5, 0.6) is 5.75 Å². The first kappa shape index (κ1) is 17.3. The van der Waals surface area contributed by atoms with E-state index in [1.54, 1.807) is 0 Å². The largest absolute Gasteiger partial charge is 0.490 e. The molecule has 128 valence electrons. The molecule has 0 aromatic heterocycles. The number of fused-ring (bicyclic) bond motifs is 3. The Morgan fingerprint density at radius 3 is 2.35 bits per heavy atom. The topological polar surface area (TPSA) is 32.7 Å². The molecule has 2 unspecified atom stereocenters. The molecule has 3 nitrogen and oxygen atoms in total. The van der Waals surface area contributed by atoms with Crippen LogP contribution < -0.4 is 4.74 Å². The second-order valence-electron chi connectivity index (χ2n) is 7.23. The van der Waals surface area contributed by atoms with Gasteiger partial charge in [-0.2, -0.15) is 0 Å². The predicted molar refractivity (Wildman–Crippen MR) is 94.6 cm³/mol. The van der Waals surface area contributed by atoms with Crippen molar-refractivity contribution in [3.05, 3.63) is 27.7 Å². The van der Waals surface area contributed by atoms with Gasteiger partial charge < -0.3 is 9.84 Å². The van der Waals surface area contributed by atoms with Gasteiger partial charge in [-0.05, 0) is 61.9 Å². The Balaban J connectivity index is 1.73. The SMILES string of the molecule is CC(C)COc1c(Cl)cc(CC2C(O)C3CCN2CC3)cc1Cl. The van der Waals surface area contributed by atoms with Crippen LogP contribution in [-0.4, -0.2) is 41.8 Å². The fraction of sp³-hybridized carbons (Fsp3) is 0.667. The van der Waals surface area contributed by atoms with Crippen molar-refractivity contribution in [2.45, 2.75) is 45.3 Å². The van der Waals surface area contributed by atoms with E-state index in [-0.39, 0.29) is 12.1 Å². The van der Waals surface area contributed by atoms with Crippen LogP contribution in [0, 0.1) is 11.8 Å². The molecule has 3 aliphatic rings. The van der Waals surface area contributed by atoms with Crippen LogP contribution in [0.1, 0.15) is 32.3 Å². The van der Waals surface area contributed by atoms with Crippen molar-refractivity contribution in [2.75, 3.05) is 19.7 Å². The lowest BCUT2D eigenvalue weighted by Gasteiger charge is -2.49. The monoisotopic (exact) mass is 357 g/mol. The van der Waals surface area contributed by atoms with Crippen molar-refractivity contribution in [3.63, 3.8) is 0 Å². The number of aliphatic hydroxyl groups is 1. The average Bonchev–Trinajstić information content (AvgIpc) is 2.50. The highest BCUT2D eigenvalue weighted by atomic mass is 35.5. The molecule has 3 fully saturated rings. The quantitative estimate of drug-likeness (QED) is 0.863. The summed E-state index contributed by atoms with van der Waals surface area (Å²) < 4.78 is 5.72. The van der Waals surface area contributed by atoms with Gasteiger partial charge in [-0.1, -0.05) is 37.0 Å². The lowest BCUT2D eigenvalue weighted by atomic mass is 9.78. The molecule has 3 heterocycles. The van der Waals surface area contributed by atoms with Gasteiger partial charge in [-0.15, -0.1) is 0 Å². The number of rotatable bonds is 5. The van der Waals surface area contributed by atoms with Gasteiger partial charge in [-0.25, -0.2) is 0 Å². The summed E-state index contributed by atoms with van der Waals surface area (Å²) in [7, 11) is 0. The summed E-state index contributed by atoms with van der Waals surface area (Å²) in [5.74, 6) is 1.43. The molecule has 1 aromatic carbocycles. The van der Waals surface area contributed by atoms with Crippen LogP contribution in [0.25, 0.3) is 0 Å². The average molecular weight is 358 g/mol. The first-order chi connectivity index (χ1) is 11.0. The van der Waals surface area contributed by atoms with E-state index in [0.29, 0.717) is 34.2 Å². The summed E-state index contributed by atoms with van der Waals surface area (Å²) in [5, 5.41) is 11.6. The normalized spacial score (nSPS) is 30.0. The van der Waals surface area contributed by atoms with E-state index in [1.165, 1.54) is 0 Å². The molecule has 23 heavy (non-hydrogen) atoms. The Morgan fingerprint density at radius 2 is 1.83 bits per heavy atom. The molecule has 2 atom stereocenters. The summed E-state index contributed by atoms with van der Waals surface area (Å²) in [6.45, 7) is 6.94. The highest BCUT2D eigenvalue weighted by Crippen LogP contribution is 2.37. The molecular formula is C18H25Cl2NO2. The Bertz CT molecular complexity index is 531. The number of aliphatic hydroxyl groups excluding tert-OH is 1. The van der Waals surface area contributed by atoms with Crippen LogP contribution >= 0.6 is 23.2 Å². The van der Waals surface area contributed by atoms with Crippen molar-refractivity contribution in [2.24, 2.45) is 11.8 Å². The summed E-state index contributed by atoms with van der Waals surface area (Å²) in [5.41, 5.74) is 1.06. The molecule has 0 saturated carbocycles. The molecule has 3 aliphatic heterocycles. The van der Waals surface area contributed by atoms with Crippen LogP contribution in [0.15, 0.2) is 12.1 Å². The number of benzene rings is 1. The summed E-state index contributed by atoms with van der Waals surface area (Å²) in [6.07, 6.45) is 2.76. The number of halogens is 2. The third-order valence-electron chi connectivity index (χ3n) is 4.98. The minimum Gasteiger partial charge on any atom is -0.490 e. The minimum absolute atomic E-state index is 0.178. The molecule has 2 bridgehead atoms. The maximum atomic E-state index is 10.5. The van der Waals surface area contributed by atoms with Gasteiger partial charge in [0.2, 0.25) is 0 Å². The van der Waals surface area contributed by atoms with Gasteiger partial charge in [-0.3, -0.25) is 4.90 Å². The molecular weight excluding hydrogens is 333 g/mol. The van der Waals surface area contributed by atoms with Crippen LogP contribution in [0.2, 0.25) is 10.0 Å². The molecule has 0 radical (unpaired) electrons. The summed E-state index contributed by atoms with van der Waals surface area (Å²) >= 11 is 12.7. The Kier molecular flexibility index (Phi) is 5.42. The van der Waals surface area contributed by atoms with E-state index in [4.69, 9.17) is 27.9 Å². The fourth-order valence-corrected chi connectivity index (χ4v) is 4.37. The standard InChI is InChI=1S/C18H25Cl2NO2/c1-11(2)10-23-18-14(19)7-12(8-15(18)20)9-16-17(22)13-3-5-21(16)6-4-13/h7-8,11,13,16-17,22H,3-6,9-10H2,1-2H3. The van der Waals surface area contributed by atoms with Crippen molar-refractivity contribution >= 4 is 23.2 Å². The van der Waals surface area contributed by atoms with Gasteiger partial charge >= 0.3 is 0 Å². The van der Waals surface area contributed by atoms with E-state index in [0.717, 1.165) is 37.9 Å². The first-order valence-corrected chi connectivity index (χ1v) is 9.24. The number of nitrogens with zero attached hydrogens (tertiary/aromatic N) is 1. The van der Waals surface area contributed by atoms with E-state index in [2.05, 4.69) is 18.7 Å². The molecule has 3 saturated heterocycles. The molecule has 4 rings (SSSR count). The zero-order valence-electron chi connectivity index (χ0n) is 13.8. The molecule has 0 aliphatic carbocycles. The van der Waals surface area contributed by atoms with Gasteiger partial charge in [0.15, 0.2) is 5.75 Å². The lowest BCUT2D eigenvalue weighted by molar-refractivity contribution is -0.0715. The summed E-state index contributed by atoms with van der Waals surface area (Å²) in [4.78, 5) is 2.40. The van der Waals surface area contributed by atoms with E-state index in [1.807, 2.05) is 12.1 Å². The number of piperidine rings is 3. The molecule has 1 aromatic rings. The van der Waals surface area contributed by atoms with Gasteiger partial charge in [0, 0.05) is 6.04 Å². The Labute approximate surface area is 148 Å². The van der Waals surface area contributed by atoms with Gasteiger partial charge in [0.05, 0.1) is 22.8 Å². The fourth-order valence-electron chi connectivity index (χ4n) is 3.73. The second kappa shape index (κ2) is 7.18. The van der Waals surface area contributed by atoms with E-state index < -0.39 is 0 Å². The molecule has 0 amide bonds. The van der Waals surface area contributed by atoms with Crippen molar-refractivity contribution < 1.29 is 9.84 Å². The highest BCUT2D eigenvalue weighted by molar-refractivity contribution is 6.37. The van der Waals surface area contributed by atoms with Crippen LogP contribution in [0.4, 0.5) is 0 Å². The third kappa shape index (κ3) is 3.79. The predicted octanol–water partition coefficient (Wildman–Crippen LogP) is 4.03. The number of hydrogen-bond acceptors (Lipinski definition) is 3. The zero-order valence-corrected chi connectivity index (χ0v) is 15.3. The highest BCUT2D eigenvalue weighted by Gasteiger charge is 2.41. The molecule has 5 heteroatoms. The minimum atomic E-state index is -0.244. The van der Waals surface area contributed by atoms with Crippen molar-refractivity contribution in [1.82, 2.24) is 4.90 Å². The van der Waals surface area contributed by atoms with Crippen LogP contribution in [0.3, 0.4) is 0 Å². The Morgan fingerprint density at radius 1 is 1.22 bits per heavy atom. The number of hydrogen-bond donors (Lipinski definition) is 1. The van der Waals surface area contributed by atoms with Gasteiger partial charge in [0.1, 0.15) is 0 Å². The zero-order chi connectivity index (χ0) is 16.6. The van der Waals surface area contributed by atoms with Crippen molar-refractivity contribution in [1.29, 1.82) is 0 Å². The third-order valence-corrected chi connectivity index (χ3v) is 5.55. The maximum absolute atomic E-state index is 10.5. The summed E-state index contributed by atoms with van der Waals surface area (Å²) in [6, 6.07) is 4.04. The van der Waals surface area contributed by atoms with Gasteiger partial charge in [0.25, 0.3) is 0 Å². The van der Waals surface area contributed by atoms with E-state index in [9.17, 15) is 5.11 Å². The van der Waals surface area contributed by atoms with Crippen molar-refractivity contribution in [3.8, 4) is 5.75 Å². The maximum Gasteiger partial charge on any atom is 0.156 e. The molecule has 1 N–H and O–H groups in total. The van der Waals surface area contributed by atoms with Crippen LogP contribution in [-0.2, 0) is 6.42 Å². The second-order valence-corrected chi connectivity index (χ2v) is 8.04. The van der Waals surface area contributed by atoms with E-state index >= 15 is 0 Å². The number of ether oxygens (including phenoxy) is 1. The smallest absolute Gasteiger partial charge is 0.156 e. The Hall–Kier alpha value is -0.480.